The number of nitrogens with one attached hydrogen (secondary N) is 1. The van der Waals surface area contributed by atoms with Gasteiger partial charge in [-0.15, -0.1) is 0 Å². The Bertz CT molecular complexity index is 948. The summed E-state index contributed by atoms with van der Waals surface area (Å²) in [4.78, 5) is 10.3. The summed E-state index contributed by atoms with van der Waals surface area (Å²) in [5.41, 5.74) is 5.53. The van der Waals surface area contributed by atoms with E-state index >= 15 is 0 Å². The molecule has 0 unspecified atom stereocenters. The number of fused-ring (bicyclic) bond motifs is 1. The van der Waals surface area contributed by atoms with Crippen LogP contribution in [0, 0.1) is 10.1 Å². The van der Waals surface area contributed by atoms with Crippen molar-refractivity contribution in [2.24, 2.45) is 5.10 Å². The zero-order chi connectivity index (χ0) is 18.5. The summed E-state index contributed by atoms with van der Waals surface area (Å²) in [6, 6.07) is 14.1. The van der Waals surface area contributed by atoms with Crippen molar-refractivity contribution < 1.29 is 4.92 Å². The van der Waals surface area contributed by atoms with Crippen molar-refractivity contribution in [3.63, 3.8) is 0 Å². The summed E-state index contributed by atoms with van der Waals surface area (Å²) in [7, 11) is 0. The summed E-state index contributed by atoms with van der Waals surface area (Å²) in [5, 5.41) is 16.6. The number of anilines is 1. The van der Waals surface area contributed by atoms with Gasteiger partial charge in [-0.1, -0.05) is 43.1 Å². The average Bonchev–Trinajstić information content (AvgIpc) is 2.92. The second kappa shape index (κ2) is 8.01. The van der Waals surface area contributed by atoms with E-state index in [4.69, 9.17) is 11.6 Å². The van der Waals surface area contributed by atoms with Gasteiger partial charge in [0.2, 0.25) is 0 Å². The third-order valence-electron chi connectivity index (χ3n) is 4.14. The zero-order valence-corrected chi connectivity index (χ0v) is 15.1. The van der Waals surface area contributed by atoms with E-state index < -0.39 is 4.92 Å². The highest BCUT2D eigenvalue weighted by Crippen LogP contribution is 2.29. The van der Waals surface area contributed by atoms with Crippen molar-refractivity contribution in [3.8, 4) is 0 Å². The van der Waals surface area contributed by atoms with Gasteiger partial charge in [0, 0.05) is 35.1 Å². The van der Waals surface area contributed by atoms with Crippen LogP contribution in [0.2, 0.25) is 5.15 Å². The van der Waals surface area contributed by atoms with Crippen LogP contribution in [0.3, 0.4) is 0 Å². The molecule has 0 fully saturated rings. The molecular weight excluding hydrogens is 352 g/mol. The van der Waals surface area contributed by atoms with Crippen molar-refractivity contribution in [3.05, 3.63) is 69.4 Å². The van der Waals surface area contributed by atoms with Crippen LogP contribution in [0.25, 0.3) is 10.9 Å². The number of hydrazone groups is 1. The molecule has 0 bridgehead atoms. The van der Waals surface area contributed by atoms with Crippen LogP contribution in [0.15, 0.2) is 53.6 Å². The third kappa shape index (κ3) is 3.70. The first kappa shape index (κ1) is 17.9. The molecule has 26 heavy (non-hydrogen) atoms. The van der Waals surface area contributed by atoms with Crippen LogP contribution in [0.4, 0.5) is 11.4 Å². The molecule has 6 nitrogen and oxygen atoms in total. The monoisotopic (exact) mass is 370 g/mol. The molecule has 0 saturated heterocycles. The van der Waals surface area contributed by atoms with Crippen molar-refractivity contribution in [2.45, 2.75) is 26.3 Å². The van der Waals surface area contributed by atoms with E-state index in [0.717, 1.165) is 35.9 Å². The van der Waals surface area contributed by atoms with Gasteiger partial charge in [0.05, 0.1) is 16.8 Å². The smallest absolute Gasteiger partial charge is 0.269 e. The van der Waals surface area contributed by atoms with Gasteiger partial charge in [0.25, 0.3) is 5.69 Å². The van der Waals surface area contributed by atoms with E-state index in [9.17, 15) is 10.1 Å². The Morgan fingerprint density at radius 1 is 1.23 bits per heavy atom. The van der Waals surface area contributed by atoms with Crippen molar-refractivity contribution in [1.29, 1.82) is 0 Å². The highest BCUT2D eigenvalue weighted by atomic mass is 35.5. The number of nitro benzene ring substituents is 1. The molecule has 0 amide bonds. The number of benzene rings is 2. The quantitative estimate of drug-likeness (QED) is 0.341. The molecule has 1 heterocycles. The number of rotatable bonds is 7. The van der Waals surface area contributed by atoms with Gasteiger partial charge in [-0.2, -0.15) is 5.10 Å². The van der Waals surface area contributed by atoms with Crippen LogP contribution < -0.4 is 5.43 Å². The van der Waals surface area contributed by atoms with Crippen molar-refractivity contribution >= 4 is 40.1 Å². The lowest BCUT2D eigenvalue weighted by Crippen LogP contribution is -1.97. The summed E-state index contributed by atoms with van der Waals surface area (Å²) < 4.78 is 2.10. The number of para-hydroxylation sites is 1. The fourth-order valence-electron chi connectivity index (χ4n) is 2.79. The molecule has 0 aliphatic rings. The van der Waals surface area contributed by atoms with E-state index in [0.29, 0.717) is 10.8 Å². The lowest BCUT2D eigenvalue weighted by atomic mass is 10.2. The Hall–Kier alpha value is -2.86. The molecule has 134 valence electrons. The molecule has 2 aromatic carbocycles. The maximum absolute atomic E-state index is 10.7. The van der Waals surface area contributed by atoms with E-state index in [-0.39, 0.29) is 5.69 Å². The lowest BCUT2D eigenvalue weighted by molar-refractivity contribution is -0.384. The number of unbranched alkanes of at least 4 members (excludes halogenated alkanes) is 1. The van der Waals surface area contributed by atoms with Gasteiger partial charge in [0.15, 0.2) is 0 Å². The second-order valence-electron chi connectivity index (χ2n) is 5.90. The molecule has 0 spiro atoms. The predicted molar refractivity (Wildman–Crippen MR) is 106 cm³/mol. The molecule has 1 N–H and O–H groups in total. The minimum atomic E-state index is -0.433. The molecule has 3 rings (SSSR count). The third-order valence-corrected chi connectivity index (χ3v) is 4.55. The Labute approximate surface area is 156 Å². The standard InChI is InChI=1S/C19H19ClN4O2/c1-2-3-12-23-18-7-5-4-6-16(18)17(19(23)20)13-21-22-14-8-10-15(11-9-14)24(25)26/h4-11,13,22H,2-3,12H2,1H3. The van der Waals surface area contributed by atoms with Crippen LogP contribution in [0.5, 0.6) is 0 Å². The molecular formula is C19H19ClN4O2. The normalized spacial score (nSPS) is 11.3. The number of nitrogens with zero attached hydrogens (tertiary/aromatic N) is 3. The van der Waals surface area contributed by atoms with Crippen LogP contribution in [-0.2, 0) is 6.54 Å². The van der Waals surface area contributed by atoms with Crippen LogP contribution >= 0.6 is 11.6 Å². The van der Waals surface area contributed by atoms with Gasteiger partial charge in [-0.25, -0.2) is 0 Å². The van der Waals surface area contributed by atoms with E-state index in [1.54, 1.807) is 18.3 Å². The van der Waals surface area contributed by atoms with Gasteiger partial charge in [-0.3, -0.25) is 15.5 Å². The Morgan fingerprint density at radius 2 is 1.96 bits per heavy atom. The molecule has 0 saturated carbocycles. The molecule has 0 atom stereocenters. The topological polar surface area (TPSA) is 72.5 Å². The van der Waals surface area contributed by atoms with Crippen LogP contribution in [-0.4, -0.2) is 15.7 Å². The molecule has 3 aromatic rings. The number of hydrogen-bond acceptors (Lipinski definition) is 4. The number of nitro groups is 1. The van der Waals surface area contributed by atoms with E-state index in [2.05, 4.69) is 28.1 Å². The van der Waals surface area contributed by atoms with Crippen molar-refractivity contribution in [2.75, 3.05) is 5.43 Å². The van der Waals surface area contributed by atoms with Gasteiger partial charge < -0.3 is 4.57 Å². The summed E-state index contributed by atoms with van der Waals surface area (Å²) in [6.45, 7) is 3.01. The molecule has 7 heteroatoms. The highest BCUT2D eigenvalue weighted by Gasteiger charge is 2.13. The maximum atomic E-state index is 10.7. The fraction of sp³-hybridized carbons (Fsp3) is 0.211. The van der Waals surface area contributed by atoms with Crippen LogP contribution in [0.1, 0.15) is 25.3 Å². The molecule has 0 aliphatic heterocycles. The van der Waals surface area contributed by atoms with E-state index in [1.165, 1.54) is 12.1 Å². The minimum absolute atomic E-state index is 0.0431. The summed E-state index contributed by atoms with van der Waals surface area (Å²) >= 11 is 6.59. The predicted octanol–water partition coefficient (Wildman–Crippen LogP) is 5.45. The van der Waals surface area contributed by atoms with Gasteiger partial charge in [0.1, 0.15) is 5.15 Å². The Kier molecular flexibility index (Phi) is 5.53. The number of non-ortho nitro benzene ring substituents is 1. The molecule has 0 radical (unpaired) electrons. The number of hydrogen-bond donors (Lipinski definition) is 1. The zero-order valence-electron chi connectivity index (χ0n) is 14.4. The Morgan fingerprint density at radius 3 is 2.65 bits per heavy atom. The number of halogens is 1. The first-order valence-corrected chi connectivity index (χ1v) is 8.80. The maximum Gasteiger partial charge on any atom is 0.269 e. The van der Waals surface area contributed by atoms with Crippen molar-refractivity contribution in [1.82, 2.24) is 4.57 Å². The number of aryl methyl sites for hydroxylation is 1. The number of aromatic nitrogens is 1. The summed E-state index contributed by atoms with van der Waals surface area (Å²) in [5.74, 6) is 0. The Balaban J connectivity index is 1.84. The minimum Gasteiger partial charge on any atom is -0.331 e. The first-order valence-electron chi connectivity index (χ1n) is 8.42. The largest absolute Gasteiger partial charge is 0.331 e. The highest BCUT2D eigenvalue weighted by molar-refractivity contribution is 6.34. The van der Waals surface area contributed by atoms with E-state index in [1.807, 2.05) is 18.2 Å². The SMILES string of the molecule is CCCCn1c(Cl)c(C=NNc2ccc([N+](=O)[O-])cc2)c2ccccc21. The lowest BCUT2D eigenvalue weighted by Gasteiger charge is -2.05. The second-order valence-corrected chi connectivity index (χ2v) is 6.26. The molecule has 0 aliphatic carbocycles. The van der Waals surface area contributed by atoms with Gasteiger partial charge in [-0.05, 0) is 24.6 Å². The van der Waals surface area contributed by atoms with Gasteiger partial charge >= 0.3 is 0 Å². The fourth-order valence-corrected chi connectivity index (χ4v) is 3.11. The average molecular weight is 371 g/mol. The first-order chi connectivity index (χ1) is 12.6. The summed E-state index contributed by atoms with van der Waals surface area (Å²) in [6.07, 6.45) is 3.83. The molecule has 1 aromatic heterocycles.